The first-order valence-corrected chi connectivity index (χ1v) is 6.13. The van der Waals surface area contributed by atoms with E-state index in [1.54, 1.807) is 18.2 Å². The highest BCUT2D eigenvalue weighted by atomic mass is 19.1. The number of halogens is 1. The van der Waals surface area contributed by atoms with Gasteiger partial charge >= 0.3 is 12.0 Å². The van der Waals surface area contributed by atoms with Crippen molar-refractivity contribution in [3.05, 3.63) is 59.4 Å². The zero-order valence-corrected chi connectivity index (χ0v) is 10.7. The summed E-state index contributed by atoms with van der Waals surface area (Å²) < 4.78 is 24.0. The summed E-state index contributed by atoms with van der Waals surface area (Å²) in [7, 11) is 0. The van der Waals surface area contributed by atoms with E-state index in [1.165, 1.54) is 24.3 Å². The fourth-order valence-corrected chi connectivity index (χ4v) is 1.85. The number of ether oxygens (including phenoxy) is 1. The topological polar surface area (TPSA) is 72.6 Å². The van der Waals surface area contributed by atoms with Gasteiger partial charge in [0.05, 0.1) is 5.56 Å². The highest BCUT2D eigenvalue weighted by molar-refractivity contribution is 5.91. The van der Waals surface area contributed by atoms with E-state index < -0.39 is 5.97 Å². The van der Waals surface area contributed by atoms with Gasteiger partial charge in [0.15, 0.2) is 5.58 Å². The van der Waals surface area contributed by atoms with Gasteiger partial charge in [0.2, 0.25) is 0 Å². The molecule has 0 atom stereocenters. The minimum Gasteiger partial charge on any atom is -0.478 e. The molecule has 106 valence electrons. The molecule has 6 heteroatoms. The first-order valence-electron chi connectivity index (χ1n) is 6.13. The molecule has 0 bridgehead atoms. The van der Waals surface area contributed by atoms with Gasteiger partial charge in [-0.05, 0) is 24.3 Å². The second-order valence-corrected chi connectivity index (χ2v) is 4.35. The summed E-state index contributed by atoms with van der Waals surface area (Å²) in [5.74, 6) is -1.43. The van der Waals surface area contributed by atoms with E-state index in [2.05, 4.69) is 4.98 Å². The van der Waals surface area contributed by atoms with E-state index >= 15 is 0 Å². The van der Waals surface area contributed by atoms with Crippen molar-refractivity contribution in [2.45, 2.75) is 6.61 Å². The number of nitrogens with zero attached hydrogens (tertiary/aromatic N) is 1. The summed E-state index contributed by atoms with van der Waals surface area (Å²) in [5, 5.41) is 8.90. The molecule has 0 spiro atoms. The van der Waals surface area contributed by atoms with Crippen molar-refractivity contribution in [2.75, 3.05) is 0 Å². The Kier molecular flexibility index (Phi) is 3.27. The Morgan fingerprint density at radius 1 is 1.29 bits per heavy atom. The standard InChI is InChI=1S/C15H10FNO4/c16-11-4-2-1-3-10(11)8-20-15-17-12-6-5-9(14(18)19)7-13(12)21-15/h1-7H,8H2,(H,18,19). The summed E-state index contributed by atoms with van der Waals surface area (Å²) in [4.78, 5) is 14.9. The third-order valence-corrected chi connectivity index (χ3v) is 2.92. The van der Waals surface area contributed by atoms with Crippen molar-refractivity contribution in [3.63, 3.8) is 0 Å². The maximum Gasteiger partial charge on any atom is 0.394 e. The summed E-state index contributed by atoms with van der Waals surface area (Å²) in [6.45, 7) is -0.0225. The Morgan fingerprint density at radius 2 is 2.10 bits per heavy atom. The number of carboxylic acids is 1. The van der Waals surface area contributed by atoms with Gasteiger partial charge in [-0.1, -0.05) is 18.2 Å². The minimum absolute atomic E-state index is 0.0225. The zero-order chi connectivity index (χ0) is 14.8. The van der Waals surface area contributed by atoms with Crippen LogP contribution in [0.2, 0.25) is 0 Å². The van der Waals surface area contributed by atoms with Gasteiger partial charge in [-0.25, -0.2) is 9.18 Å². The molecule has 0 fully saturated rings. The van der Waals surface area contributed by atoms with Crippen LogP contribution in [0.15, 0.2) is 46.9 Å². The lowest BCUT2D eigenvalue weighted by Gasteiger charge is -2.02. The minimum atomic E-state index is -1.05. The fraction of sp³-hybridized carbons (Fsp3) is 0.0667. The van der Waals surface area contributed by atoms with Crippen molar-refractivity contribution in [1.82, 2.24) is 4.98 Å². The molecule has 5 nitrogen and oxygen atoms in total. The number of benzene rings is 2. The summed E-state index contributed by atoms with van der Waals surface area (Å²) in [5.41, 5.74) is 1.26. The van der Waals surface area contributed by atoms with Crippen LogP contribution in [-0.4, -0.2) is 16.1 Å². The Morgan fingerprint density at radius 3 is 2.86 bits per heavy atom. The second-order valence-electron chi connectivity index (χ2n) is 4.35. The first kappa shape index (κ1) is 13.1. The molecule has 21 heavy (non-hydrogen) atoms. The Balaban J connectivity index is 1.82. The van der Waals surface area contributed by atoms with E-state index in [-0.39, 0.29) is 24.1 Å². The highest BCUT2D eigenvalue weighted by Crippen LogP contribution is 2.22. The quantitative estimate of drug-likeness (QED) is 0.797. The van der Waals surface area contributed by atoms with Crippen LogP contribution in [0.1, 0.15) is 15.9 Å². The number of carbonyl (C=O) groups is 1. The number of fused-ring (bicyclic) bond motifs is 1. The number of rotatable bonds is 4. The predicted molar refractivity (Wildman–Crippen MR) is 71.7 cm³/mol. The van der Waals surface area contributed by atoms with Gasteiger partial charge in [-0.2, -0.15) is 4.98 Å². The van der Waals surface area contributed by atoms with Crippen LogP contribution in [0.25, 0.3) is 11.1 Å². The average Bonchev–Trinajstić information content (AvgIpc) is 2.88. The predicted octanol–water partition coefficient (Wildman–Crippen LogP) is 3.24. The lowest BCUT2D eigenvalue weighted by atomic mass is 10.2. The molecule has 0 aliphatic carbocycles. The van der Waals surface area contributed by atoms with Crippen LogP contribution >= 0.6 is 0 Å². The number of aromatic carboxylic acids is 1. The molecule has 2 aromatic carbocycles. The summed E-state index contributed by atoms with van der Waals surface area (Å²) in [6, 6.07) is 10.5. The normalized spacial score (nSPS) is 10.7. The van der Waals surface area contributed by atoms with Crippen molar-refractivity contribution in [1.29, 1.82) is 0 Å². The van der Waals surface area contributed by atoms with Gasteiger partial charge in [0.25, 0.3) is 0 Å². The van der Waals surface area contributed by atoms with Crippen molar-refractivity contribution in [3.8, 4) is 6.08 Å². The first-order chi connectivity index (χ1) is 10.1. The van der Waals surface area contributed by atoms with E-state index in [4.69, 9.17) is 14.3 Å². The molecule has 1 heterocycles. The van der Waals surface area contributed by atoms with Crippen LogP contribution in [0, 0.1) is 5.82 Å². The Hall–Kier alpha value is -2.89. The molecule has 0 saturated heterocycles. The van der Waals surface area contributed by atoms with Gasteiger partial charge < -0.3 is 14.3 Å². The number of hydrogen-bond donors (Lipinski definition) is 1. The molecule has 1 N–H and O–H groups in total. The molecule has 0 radical (unpaired) electrons. The second kappa shape index (κ2) is 5.24. The van der Waals surface area contributed by atoms with Crippen LogP contribution in [0.5, 0.6) is 6.08 Å². The average molecular weight is 287 g/mol. The van der Waals surface area contributed by atoms with Crippen LogP contribution in [-0.2, 0) is 6.61 Å². The van der Waals surface area contributed by atoms with Crippen molar-refractivity contribution in [2.24, 2.45) is 0 Å². The van der Waals surface area contributed by atoms with Gasteiger partial charge in [0, 0.05) is 5.56 Å². The molecule has 1 aromatic heterocycles. The molecule has 0 unspecified atom stereocenters. The monoisotopic (exact) mass is 287 g/mol. The van der Waals surface area contributed by atoms with Crippen LogP contribution in [0.3, 0.4) is 0 Å². The SMILES string of the molecule is O=C(O)c1ccc2nc(OCc3ccccc3F)oc2c1. The van der Waals surface area contributed by atoms with E-state index in [9.17, 15) is 9.18 Å². The highest BCUT2D eigenvalue weighted by Gasteiger charge is 2.11. The smallest absolute Gasteiger partial charge is 0.394 e. The number of oxazole rings is 1. The molecule has 3 aromatic rings. The molecule has 0 amide bonds. The molecule has 0 saturated carbocycles. The maximum absolute atomic E-state index is 13.4. The van der Waals surface area contributed by atoms with Gasteiger partial charge in [0.1, 0.15) is 17.9 Å². The maximum atomic E-state index is 13.4. The van der Waals surface area contributed by atoms with E-state index in [0.717, 1.165) is 0 Å². The molecular weight excluding hydrogens is 277 g/mol. The van der Waals surface area contributed by atoms with Crippen molar-refractivity contribution >= 4 is 17.1 Å². The zero-order valence-electron chi connectivity index (χ0n) is 10.7. The van der Waals surface area contributed by atoms with Crippen LogP contribution < -0.4 is 4.74 Å². The number of hydrogen-bond acceptors (Lipinski definition) is 4. The molecule has 0 aliphatic heterocycles. The molecule has 0 aliphatic rings. The number of aromatic nitrogens is 1. The van der Waals surface area contributed by atoms with Gasteiger partial charge in [-0.15, -0.1) is 0 Å². The largest absolute Gasteiger partial charge is 0.478 e. The Labute approximate surface area is 118 Å². The van der Waals surface area contributed by atoms with Crippen molar-refractivity contribution < 1.29 is 23.4 Å². The Bertz CT molecular complexity index is 812. The summed E-state index contributed by atoms with van der Waals surface area (Å²) >= 11 is 0. The third kappa shape index (κ3) is 2.69. The molecular formula is C15H10FNO4. The molecule has 3 rings (SSSR count). The van der Waals surface area contributed by atoms with E-state index in [1.807, 2.05) is 0 Å². The number of carboxylic acid groups (broad SMARTS) is 1. The van der Waals surface area contributed by atoms with Gasteiger partial charge in [-0.3, -0.25) is 0 Å². The summed E-state index contributed by atoms with van der Waals surface area (Å²) in [6.07, 6.45) is -0.0317. The lowest BCUT2D eigenvalue weighted by Crippen LogP contribution is -1.98. The van der Waals surface area contributed by atoms with E-state index in [0.29, 0.717) is 16.7 Å². The van der Waals surface area contributed by atoms with Crippen LogP contribution in [0.4, 0.5) is 4.39 Å². The third-order valence-electron chi connectivity index (χ3n) is 2.92. The lowest BCUT2D eigenvalue weighted by molar-refractivity contribution is 0.0697. The fourth-order valence-electron chi connectivity index (χ4n) is 1.85.